The number of piperidine rings is 2. The van der Waals surface area contributed by atoms with Crippen LogP contribution in [0.1, 0.15) is 55.4 Å². The number of rotatable bonds is 7. The summed E-state index contributed by atoms with van der Waals surface area (Å²) in [4.78, 5) is 36.8. The van der Waals surface area contributed by atoms with Gasteiger partial charge in [-0.2, -0.15) is 5.26 Å². The molecule has 5 aromatic rings. The summed E-state index contributed by atoms with van der Waals surface area (Å²) in [6, 6.07) is 23.5. The second kappa shape index (κ2) is 14.7. The molecule has 1 atom stereocenters. The Labute approximate surface area is 320 Å². The minimum Gasteiger partial charge on any atom is -0.372 e. The van der Waals surface area contributed by atoms with Gasteiger partial charge in [-0.05, 0) is 79.6 Å². The molecule has 11 nitrogen and oxygen atoms in total. The molecule has 0 bridgehead atoms. The van der Waals surface area contributed by atoms with Crippen molar-refractivity contribution >= 4 is 62.4 Å². The Bertz CT molecular complexity index is 2230. The molecular weight excluding hydrogens is 700 g/mol. The predicted octanol–water partition coefficient (Wildman–Crippen LogP) is 7.23. The summed E-state index contributed by atoms with van der Waals surface area (Å²) in [5, 5.41) is 14.4. The number of imide groups is 1. The molecule has 54 heavy (non-hydrogen) atoms. The maximum Gasteiger partial charge on any atom is 0.328 e. The van der Waals surface area contributed by atoms with Gasteiger partial charge in [0.25, 0.3) is 0 Å². The van der Waals surface area contributed by atoms with Crippen LogP contribution in [0.3, 0.4) is 0 Å². The number of anilines is 3. The van der Waals surface area contributed by atoms with Gasteiger partial charge in [0.15, 0.2) is 0 Å². The van der Waals surface area contributed by atoms with Gasteiger partial charge in [0.2, 0.25) is 5.91 Å². The van der Waals surface area contributed by atoms with Crippen LogP contribution in [-0.2, 0) is 9.53 Å². The average Bonchev–Trinajstić information content (AvgIpc) is 3.85. The molecule has 4 aliphatic rings. The van der Waals surface area contributed by atoms with Gasteiger partial charge in [0.1, 0.15) is 12.2 Å². The van der Waals surface area contributed by atoms with Crippen LogP contribution in [0.15, 0.2) is 73.1 Å². The summed E-state index contributed by atoms with van der Waals surface area (Å²) >= 11 is 6.47. The van der Waals surface area contributed by atoms with Gasteiger partial charge < -0.3 is 29.0 Å². The summed E-state index contributed by atoms with van der Waals surface area (Å²) in [5.74, 6) is 0.495. The number of benzene rings is 3. The summed E-state index contributed by atoms with van der Waals surface area (Å²) in [5.41, 5.74) is 6.98. The van der Waals surface area contributed by atoms with E-state index in [1.165, 1.54) is 24.1 Å². The van der Waals surface area contributed by atoms with Crippen molar-refractivity contribution in [2.24, 2.45) is 5.92 Å². The normalized spacial score (nSPS) is 20.9. The number of aromatic nitrogens is 2. The van der Waals surface area contributed by atoms with Crippen molar-refractivity contribution in [2.75, 3.05) is 73.7 Å². The van der Waals surface area contributed by atoms with Crippen molar-refractivity contribution in [3.05, 3.63) is 89.2 Å². The monoisotopic (exact) mass is 744 g/mol. The number of urea groups is 1. The van der Waals surface area contributed by atoms with E-state index in [0.717, 1.165) is 91.8 Å². The molecule has 3 aromatic carbocycles. The number of nitriles is 1. The Kier molecular flexibility index (Phi) is 9.43. The van der Waals surface area contributed by atoms with Gasteiger partial charge in [0, 0.05) is 93.7 Å². The lowest BCUT2D eigenvalue weighted by Gasteiger charge is -2.39. The van der Waals surface area contributed by atoms with Crippen LogP contribution >= 0.6 is 11.6 Å². The number of amides is 3. The predicted molar refractivity (Wildman–Crippen MR) is 212 cm³/mol. The van der Waals surface area contributed by atoms with Crippen LogP contribution in [0.25, 0.3) is 21.8 Å². The third kappa shape index (κ3) is 6.57. The Morgan fingerprint density at radius 3 is 2.46 bits per heavy atom. The fourth-order valence-electron chi connectivity index (χ4n) is 9.15. The van der Waals surface area contributed by atoms with Crippen molar-refractivity contribution < 1.29 is 14.3 Å². The highest BCUT2D eigenvalue weighted by Gasteiger charge is 2.30. The Morgan fingerprint density at radius 2 is 1.69 bits per heavy atom. The second-order valence-corrected chi connectivity index (χ2v) is 15.6. The number of ether oxygens (including phenoxy) is 1. The maximum atomic E-state index is 12.6. The number of fused-ring (bicyclic) bond motifs is 2. The summed E-state index contributed by atoms with van der Waals surface area (Å²) in [7, 11) is 0. The molecule has 2 N–H and O–H groups in total. The van der Waals surface area contributed by atoms with Gasteiger partial charge in [0.05, 0.1) is 39.6 Å². The highest BCUT2D eigenvalue weighted by molar-refractivity contribution is 6.36. The first kappa shape index (κ1) is 34.7. The number of H-pyrrole nitrogens is 1. The zero-order chi connectivity index (χ0) is 36.8. The van der Waals surface area contributed by atoms with Crippen molar-refractivity contribution in [3.63, 3.8) is 0 Å². The van der Waals surface area contributed by atoms with Gasteiger partial charge in [-0.1, -0.05) is 29.8 Å². The molecule has 0 aliphatic carbocycles. The molecule has 4 aliphatic heterocycles. The molecule has 4 fully saturated rings. The van der Waals surface area contributed by atoms with Crippen molar-refractivity contribution in [1.29, 1.82) is 5.26 Å². The number of carbonyl (C=O) groups excluding carboxylic acids is 2. The number of morpholine rings is 1. The van der Waals surface area contributed by atoms with Crippen LogP contribution in [0, 0.1) is 17.2 Å². The van der Waals surface area contributed by atoms with Crippen LogP contribution in [0.2, 0.25) is 5.02 Å². The van der Waals surface area contributed by atoms with E-state index in [9.17, 15) is 14.9 Å². The number of likely N-dealkylation sites (tertiary alicyclic amines) is 1. The van der Waals surface area contributed by atoms with Gasteiger partial charge >= 0.3 is 6.03 Å². The fraction of sp³-hybridized carbons (Fsp3) is 0.405. The van der Waals surface area contributed by atoms with E-state index >= 15 is 0 Å². The largest absolute Gasteiger partial charge is 0.372 e. The number of hydrogen-bond donors (Lipinski definition) is 2. The average molecular weight is 745 g/mol. The Hall–Kier alpha value is -5.02. The molecule has 4 saturated heterocycles. The second-order valence-electron chi connectivity index (χ2n) is 15.2. The number of nitrogens with one attached hydrogen (secondary N) is 2. The van der Waals surface area contributed by atoms with E-state index in [1.807, 2.05) is 24.3 Å². The summed E-state index contributed by atoms with van der Waals surface area (Å²) < 4.78 is 8.65. The molecule has 0 spiro atoms. The lowest BCUT2D eigenvalue weighted by Crippen LogP contribution is -2.49. The first-order valence-electron chi connectivity index (χ1n) is 19.3. The fourth-order valence-corrected chi connectivity index (χ4v) is 9.41. The van der Waals surface area contributed by atoms with Gasteiger partial charge in [-0.25, -0.2) is 4.79 Å². The van der Waals surface area contributed by atoms with E-state index < -0.39 is 0 Å². The van der Waals surface area contributed by atoms with Crippen LogP contribution in [0.5, 0.6) is 0 Å². The third-order valence-electron chi connectivity index (χ3n) is 12.1. The zero-order valence-electron chi connectivity index (χ0n) is 30.3. The molecule has 12 heteroatoms. The minimum absolute atomic E-state index is 0.0386. The van der Waals surface area contributed by atoms with Crippen molar-refractivity contribution in [2.45, 2.75) is 44.2 Å². The van der Waals surface area contributed by atoms with Crippen LogP contribution < -0.4 is 20.0 Å². The van der Waals surface area contributed by atoms with E-state index in [1.54, 1.807) is 11.1 Å². The molecular formula is C42H45ClN8O3. The first-order chi connectivity index (χ1) is 26.4. The minimum atomic E-state index is -0.340. The molecule has 0 saturated carbocycles. The number of halogens is 1. The van der Waals surface area contributed by atoms with E-state index in [4.69, 9.17) is 16.3 Å². The molecule has 0 radical (unpaired) electrons. The lowest BCUT2D eigenvalue weighted by molar-refractivity contribution is -0.120. The highest BCUT2D eigenvalue weighted by Crippen LogP contribution is 2.37. The Balaban J connectivity index is 0.766. The van der Waals surface area contributed by atoms with Crippen LogP contribution in [0.4, 0.5) is 21.9 Å². The molecule has 3 amide bonds. The highest BCUT2D eigenvalue weighted by atomic mass is 35.5. The standard InChI is InChI=1S/C42H45ClN8O3/c43-34-8-9-37(41-40(34)30(24-44)25-45-41)49-22-23-54-38(27-49)29-4-6-31(7-5-29)48-18-10-28(11-19-48)26-47-16-12-32(13-17-47)50-20-14-33-35(50)2-1-3-36(33)51-21-15-39(52)46-42(51)53/h1-9,14,20,25,28,32,38,45H,10-13,15-19,21-23,26-27H2,(H,46,52,53)/t38-/m0/s1. The Morgan fingerprint density at radius 1 is 0.870 bits per heavy atom. The molecule has 2 aromatic heterocycles. The SMILES string of the molecule is N#Cc1c[nH]c2c(N3CCO[C@H](c4ccc(N5CCC(CN6CCC(n7ccc8c(N9CCC(=O)NC9=O)cccc87)CC6)CC5)cc4)C3)ccc(Cl)c12. The molecule has 6 heterocycles. The van der Waals surface area contributed by atoms with Crippen molar-refractivity contribution in [1.82, 2.24) is 19.8 Å². The maximum absolute atomic E-state index is 12.6. The first-order valence-corrected chi connectivity index (χ1v) is 19.7. The van der Waals surface area contributed by atoms with E-state index in [0.29, 0.717) is 42.1 Å². The number of carbonyl (C=O) groups is 2. The van der Waals surface area contributed by atoms with E-state index in [-0.39, 0.29) is 18.0 Å². The van der Waals surface area contributed by atoms with Gasteiger partial charge in [-0.15, -0.1) is 0 Å². The molecule has 9 rings (SSSR count). The molecule has 0 unspecified atom stereocenters. The number of aromatic amines is 1. The summed E-state index contributed by atoms with van der Waals surface area (Å²) in [6.07, 6.45) is 8.81. The van der Waals surface area contributed by atoms with E-state index in [2.05, 4.69) is 78.2 Å². The molecule has 278 valence electrons. The smallest absolute Gasteiger partial charge is 0.328 e. The topological polar surface area (TPSA) is 113 Å². The zero-order valence-corrected chi connectivity index (χ0v) is 31.1. The quantitative estimate of drug-likeness (QED) is 0.181. The lowest BCUT2D eigenvalue weighted by atomic mass is 9.94. The third-order valence-corrected chi connectivity index (χ3v) is 12.4. The van der Waals surface area contributed by atoms with Crippen molar-refractivity contribution in [3.8, 4) is 6.07 Å². The van der Waals surface area contributed by atoms with Gasteiger partial charge in [-0.3, -0.25) is 15.0 Å². The van der Waals surface area contributed by atoms with Crippen LogP contribution in [-0.4, -0.2) is 85.4 Å². The summed E-state index contributed by atoms with van der Waals surface area (Å²) in [6.45, 7) is 8.03. The number of hydrogen-bond acceptors (Lipinski definition) is 7. The number of nitrogens with zero attached hydrogens (tertiary/aromatic N) is 6.